The number of hydrogen-bond acceptors (Lipinski definition) is 8. The molecule has 3 aromatic carbocycles. The van der Waals surface area contributed by atoms with Gasteiger partial charge in [-0.05, 0) is 62.1 Å². The Bertz CT molecular complexity index is 2260. The molecule has 12 nitrogen and oxygen atoms in total. The number of ether oxygens (including phenoxy) is 1. The van der Waals surface area contributed by atoms with Gasteiger partial charge in [0.25, 0.3) is 5.91 Å². The molecule has 1 atom stereocenters. The number of benzene rings is 3. The zero-order valence-corrected chi connectivity index (χ0v) is 28.7. The predicted octanol–water partition coefficient (Wildman–Crippen LogP) is 6.18. The number of hydrogen-bond donors (Lipinski definition) is 2. The number of nitrogens with zero attached hydrogens (tertiary/aromatic N) is 5. The fourth-order valence-corrected chi connectivity index (χ4v) is 6.43. The molecule has 0 radical (unpaired) electrons. The lowest BCUT2D eigenvalue weighted by Gasteiger charge is -2.20. The van der Waals surface area contributed by atoms with E-state index >= 15 is 0 Å². The number of anilines is 1. The first kappa shape index (κ1) is 33.3. The SMILES string of the molecule is C=C1CC2C=Nc3cc(OCCCC(=O)Nc4cn(C)c(C(=O)Cc5ccc(-c6nc7ccc(C(C)=O)cc7[nH]6)cc5)n4)c(C)cc3C(=O)N2C1. The van der Waals surface area contributed by atoms with E-state index in [1.54, 1.807) is 47.1 Å². The molecule has 1 fully saturated rings. The van der Waals surface area contributed by atoms with Gasteiger partial charge in [0.15, 0.2) is 17.4 Å². The van der Waals surface area contributed by atoms with Gasteiger partial charge in [0, 0.05) is 56.0 Å². The molecule has 1 unspecified atom stereocenters. The van der Waals surface area contributed by atoms with Crippen LogP contribution in [0.3, 0.4) is 0 Å². The van der Waals surface area contributed by atoms with E-state index in [2.05, 4.69) is 31.8 Å². The molecule has 12 heteroatoms. The van der Waals surface area contributed by atoms with E-state index < -0.39 is 0 Å². The molecule has 7 rings (SSSR count). The second-order valence-electron chi connectivity index (χ2n) is 13.1. The monoisotopic (exact) mass is 683 g/mol. The number of rotatable bonds is 11. The number of aryl methyl sites for hydroxylation is 2. The Hall–Kier alpha value is -6.17. The molecule has 2 aliphatic heterocycles. The van der Waals surface area contributed by atoms with Gasteiger partial charge in [-0.2, -0.15) is 0 Å². The van der Waals surface area contributed by atoms with Gasteiger partial charge >= 0.3 is 0 Å². The largest absolute Gasteiger partial charge is 0.493 e. The highest BCUT2D eigenvalue weighted by Gasteiger charge is 2.33. The molecule has 51 heavy (non-hydrogen) atoms. The fourth-order valence-electron chi connectivity index (χ4n) is 6.43. The van der Waals surface area contributed by atoms with Gasteiger partial charge in [-0.15, -0.1) is 0 Å². The van der Waals surface area contributed by atoms with Crippen molar-refractivity contribution < 1.29 is 23.9 Å². The zero-order chi connectivity index (χ0) is 35.8. The van der Waals surface area contributed by atoms with Crippen molar-refractivity contribution in [2.24, 2.45) is 12.0 Å². The standard InChI is InChI=1S/C39H37N7O5/c1-22-14-28-19-40-31-18-34(23(2)15-29(31)39(50)46(28)20-22)51-13-5-6-36(49)43-35-21-45(4)38(44-35)33(48)16-25-7-9-26(10-8-25)37-41-30-12-11-27(24(3)47)17-32(30)42-37/h7-12,15,17-19,21,28H,1,5-6,13-14,16,20H2,2-4H3,(H,41,42)(H,43,49). The van der Waals surface area contributed by atoms with Gasteiger partial charge in [-0.25, -0.2) is 9.97 Å². The van der Waals surface area contributed by atoms with Crippen LogP contribution < -0.4 is 10.1 Å². The van der Waals surface area contributed by atoms with Gasteiger partial charge in [-0.3, -0.25) is 24.2 Å². The van der Waals surface area contributed by atoms with Gasteiger partial charge in [0.2, 0.25) is 11.7 Å². The van der Waals surface area contributed by atoms with Crippen LogP contribution in [0.15, 0.2) is 77.9 Å². The Kier molecular flexibility index (Phi) is 8.90. The van der Waals surface area contributed by atoms with Gasteiger partial charge < -0.3 is 24.5 Å². The van der Waals surface area contributed by atoms with Crippen LogP contribution in [0.1, 0.15) is 68.6 Å². The summed E-state index contributed by atoms with van der Waals surface area (Å²) in [4.78, 5) is 69.4. The molecule has 2 aromatic heterocycles. The van der Waals surface area contributed by atoms with Gasteiger partial charge in [0.1, 0.15) is 11.6 Å². The maximum absolute atomic E-state index is 13.2. The average molecular weight is 684 g/mol. The maximum Gasteiger partial charge on any atom is 0.256 e. The third-order valence-corrected chi connectivity index (χ3v) is 9.14. The Morgan fingerprint density at radius 3 is 2.67 bits per heavy atom. The Morgan fingerprint density at radius 2 is 1.88 bits per heavy atom. The van der Waals surface area contributed by atoms with Crippen LogP contribution in [-0.4, -0.2) is 73.2 Å². The van der Waals surface area contributed by atoms with E-state index in [-0.39, 0.29) is 48.1 Å². The number of aromatic nitrogens is 4. The van der Waals surface area contributed by atoms with Crippen molar-refractivity contribution in [3.05, 3.63) is 101 Å². The Labute approximate surface area is 294 Å². The number of aromatic amines is 1. The molecule has 2 N–H and O–H groups in total. The second kappa shape index (κ2) is 13.6. The highest BCUT2D eigenvalue weighted by molar-refractivity contribution is 6.03. The van der Waals surface area contributed by atoms with E-state index in [4.69, 9.17) is 4.74 Å². The lowest BCUT2D eigenvalue weighted by molar-refractivity contribution is -0.116. The normalized spacial score (nSPS) is 15.1. The van der Waals surface area contributed by atoms with E-state index in [9.17, 15) is 19.2 Å². The van der Waals surface area contributed by atoms with Crippen LogP contribution in [0.2, 0.25) is 0 Å². The first-order chi connectivity index (χ1) is 24.5. The highest BCUT2D eigenvalue weighted by atomic mass is 16.5. The van der Waals surface area contributed by atoms with Gasteiger partial charge in [0.05, 0.1) is 34.9 Å². The van der Waals surface area contributed by atoms with Crippen LogP contribution >= 0.6 is 0 Å². The summed E-state index contributed by atoms with van der Waals surface area (Å²) < 4.78 is 7.59. The minimum Gasteiger partial charge on any atom is -0.493 e. The summed E-state index contributed by atoms with van der Waals surface area (Å²) >= 11 is 0. The number of fused-ring (bicyclic) bond motifs is 3. The number of aliphatic imine (C=N–C) groups is 1. The summed E-state index contributed by atoms with van der Waals surface area (Å²) in [5.74, 6) is 1.32. The smallest absolute Gasteiger partial charge is 0.256 e. The third kappa shape index (κ3) is 6.98. The molecule has 0 saturated carbocycles. The summed E-state index contributed by atoms with van der Waals surface area (Å²) in [6.45, 7) is 8.27. The van der Waals surface area contributed by atoms with Crippen molar-refractivity contribution in [3.8, 4) is 17.1 Å². The molecular formula is C39H37N7O5. The number of ketones is 2. The molecule has 258 valence electrons. The van der Waals surface area contributed by atoms with Crippen LogP contribution in [0.4, 0.5) is 11.5 Å². The maximum atomic E-state index is 13.2. The predicted molar refractivity (Wildman–Crippen MR) is 194 cm³/mol. The fraction of sp³-hybridized carbons (Fsp3) is 0.256. The van der Waals surface area contributed by atoms with Crippen LogP contribution in [0, 0.1) is 6.92 Å². The zero-order valence-electron chi connectivity index (χ0n) is 28.7. The number of carbonyl (C=O) groups is 4. The third-order valence-electron chi connectivity index (χ3n) is 9.14. The minimum absolute atomic E-state index is 0.0108. The summed E-state index contributed by atoms with van der Waals surface area (Å²) in [5, 5.41) is 2.78. The number of carbonyl (C=O) groups excluding carboxylic acids is 4. The number of imidazole rings is 2. The lowest BCUT2D eigenvalue weighted by Crippen LogP contribution is -2.35. The van der Waals surface area contributed by atoms with E-state index in [1.807, 2.05) is 43.3 Å². The summed E-state index contributed by atoms with van der Waals surface area (Å²) in [6.07, 6.45) is 4.91. The minimum atomic E-state index is -0.245. The van der Waals surface area contributed by atoms with Crippen LogP contribution in [0.25, 0.3) is 22.4 Å². The first-order valence-corrected chi connectivity index (χ1v) is 16.8. The first-order valence-electron chi connectivity index (χ1n) is 16.8. The molecule has 0 aliphatic carbocycles. The number of amides is 2. The average Bonchev–Trinajstić information content (AvgIpc) is 3.79. The molecule has 0 bridgehead atoms. The molecule has 5 aromatic rings. The Balaban J connectivity index is 0.904. The Morgan fingerprint density at radius 1 is 1.08 bits per heavy atom. The quantitative estimate of drug-likeness (QED) is 0.0958. The van der Waals surface area contributed by atoms with Crippen molar-refractivity contribution in [3.63, 3.8) is 0 Å². The topological polar surface area (TPSA) is 152 Å². The number of H-pyrrole nitrogens is 1. The number of Topliss-reactive ketones (excluding diaryl/α,β-unsaturated/α-hetero) is 2. The molecule has 1 saturated heterocycles. The molecule has 2 aliphatic rings. The summed E-state index contributed by atoms with van der Waals surface area (Å²) in [5.41, 5.74) is 6.77. The number of nitrogens with one attached hydrogen (secondary N) is 2. The lowest BCUT2D eigenvalue weighted by atomic mass is 10.1. The summed E-state index contributed by atoms with van der Waals surface area (Å²) in [6, 6.07) is 16.4. The van der Waals surface area contributed by atoms with E-state index in [1.165, 1.54) is 6.92 Å². The molecule has 4 heterocycles. The highest BCUT2D eigenvalue weighted by Crippen LogP contribution is 2.35. The van der Waals surface area contributed by atoms with E-state index in [0.717, 1.165) is 39.7 Å². The summed E-state index contributed by atoms with van der Waals surface area (Å²) in [7, 11) is 1.72. The molecular weight excluding hydrogens is 646 g/mol. The second-order valence-corrected chi connectivity index (χ2v) is 13.1. The van der Waals surface area contributed by atoms with Crippen molar-refractivity contribution in [2.75, 3.05) is 18.5 Å². The molecule has 0 spiro atoms. The van der Waals surface area contributed by atoms with Crippen molar-refractivity contribution >= 4 is 52.1 Å². The van der Waals surface area contributed by atoms with Crippen molar-refractivity contribution in [1.29, 1.82) is 0 Å². The van der Waals surface area contributed by atoms with Crippen molar-refractivity contribution in [1.82, 2.24) is 24.4 Å². The van der Waals surface area contributed by atoms with Crippen LogP contribution in [0.5, 0.6) is 5.75 Å². The van der Waals surface area contributed by atoms with Crippen molar-refractivity contribution in [2.45, 2.75) is 45.6 Å². The van der Waals surface area contributed by atoms with E-state index in [0.29, 0.717) is 53.8 Å². The molecule has 2 amide bonds. The van der Waals surface area contributed by atoms with Crippen LogP contribution in [-0.2, 0) is 18.3 Å². The van der Waals surface area contributed by atoms with Gasteiger partial charge in [-0.1, -0.05) is 36.4 Å².